The molecule has 0 saturated carbocycles. The zero-order valence-electron chi connectivity index (χ0n) is 13.6. The smallest absolute Gasteiger partial charge is 0.240 e. The molecule has 5 rings (SSSR count). The third kappa shape index (κ3) is 2.04. The predicted octanol–water partition coefficient (Wildman–Crippen LogP) is 1.47. The standard InChI is InChI=1S/C19H18N2O4/c1-2-7-20-9-11-8-12(3-4-13(11)24-10-20)21-18(22)16-14-5-6-15(25-14)17(16)19(21)23/h2-6,8,14-17H,1,7,9-10H2/t14-,15+,16?,17?. The molecule has 0 aromatic heterocycles. The van der Waals surface area contributed by atoms with Crippen LogP contribution in [0.4, 0.5) is 5.69 Å². The molecular weight excluding hydrogens is 320 g/mol. The van der Waals surface area contributed by atoms with Crippen LogP contribution >= 0.6 is 0 Å². The number of anilines is 1. The maximum Gasteiger partial charge on any atom is 0.240 e. The van der Waals surface area contributed by atoms with E-state index in [4.69, 9.17) is 9.47 Å². The Hall–Kier alpha value is -2.44. The van der Waals surface area contributed by atoms with Gasteiger partial charge in [0, 0.05) is 18.7 Å². The van der Waals surface area contributed by atoms with Gasteiger partial charge in [0.15, 0.2) is 0 Å². The van der Waals surface area contributed by atoms with Gasteiger partial charge in [0.2, 0.25) is 11.8 Å². The maximum atomic E-state index is 12.9. The number of nitrogens with zero attached hydrogens (tertiary/aromatic N) is 2. The van der Waals surface area contributed by atoms with E-state index in [2.05, 4.69) is 11.5 Å². The van der Waals surface area contributed by atoms with Crippen molar-refractivity contribution >= 4 is 17.5 Å². The summed E-state index contributed by atoms with van der Waals surface area (Å²) in [6.45, 7) is 5.69. The second-order valence-electron chi connectivity index (χ2n) is 6.88. The van der Waals surface area contributed by atoms with Gasteiger partial charge in [-0.3, -0.25) is 14.5 Å². The highest BCUT2D eigenvalue weighted by atomic mass is 16.5. The Bertz CT molecular complexity index is 788. The SMILES string of the molecule is C=CCN1COc2ccc(N3C(=O)C4C(C3=O)[C@H]3C=C[C@@H]4O3)cc2C1. The van der Waals surface area contributed by atoms with E-state index < -0.39 is 0 Å². The molecular formula is C19H18N2O4. The predicted molar refractivity (Wildman–Crippen MR) is 89.8 cm³/mol. The number of hydrogen-bond donors (Lipinski definition) is 0. The van der Waals surface area contributed by atoms with Crippen molar-refractivity contribution in [3.8, 4) is 5.75 Å². The maximum absolute atomic E-state index is 12.9. The molecule has 4 aliphatic rings. The Morgan fingerprint density at radius 2 is 1.88 bits per heavy atom. The van der Waals surface area contributed by atoms with E-state index in [-0.39, 0.29) is 35.9 Å². The van der Waals surface area contributed by atoms with E-state index >= 15 is 0 Å². The van der Waals surface area contributed by atoms with Gasteiger partial charge < -0.3 is 9.47 Å². The first-order chi connectivity index (χ1) is 12.2. The van der Waals surface area contributed by atoms with Crippen LogP contribution in [0.15, 0.2) is 43.0 Å². The van der Waals surface area contributed by atoms with E-state index in [1.807, 2.05) is 30.4 Å². The van der Waals surface area contributed by atoms with Crippen molar-refractivity contribution in [2.24, 2.45) is 11.8 Å². The lowest BCUT2D eigenvalue weighted by atomic mass is 9.85. The summed E-state index contributed by atoms with van der Waals surface area (Å²) in [5.74, 6) is -0.287. The third-order valence-corrected chi connectivity index (χ3v) is 5.40. The van der Waals surface area contributed by atoms with Crippen molar-refractivity contribution in [3.63, 3.8) is 0 Å². The van der Waals surface area contributed by atoms with E-state index in [0.29, 0.717) is 19.0 Å². The van der Waals surface area contributed by atoms with E-state index in [1.165, 1.54) is 4.90 Å². The van der Waals surface area contributed by atoms with Crippen LogP contribution in [0.2, 0.25) is 0 Å². The highest BCUT2D eigenvalue weighted by molar-refractivity contribution is 6.23. The summed E-state index contributed by atoms with van der Waals surface area (Å²) in [6.07, 6.45) is 5.10. The number of carbonyl (C=O) groups excluding carboxylic acids is 2. The minimum Gasteiger partial charge on any atom is -0.478 e. The van der Waals surface area contributed by atoms with Crippen molar-refractivity contribution < 1.29 is 19.1 Å². The summed E-state index contributed by atoms with van der Waals surface area (Å²) < 4.78 is 11.4. The first kappa shape index (κ1) is 14.9. The zero-order chi connectivity index (χ0) is 17.1. The van der Waals surface area contributed by atoms with Crippen LogP contribution in [0, 0.1) is 11.8 Å². The Labute approximate surface area is 145 Å². The Morgan fingerprint density at radius 3 is 2.56 bits per heavy atom. The molecule has 2 fully saturated rings. The van der Waals surface area contributed by atoms with Crippen LogP contribution < -0.4 is 9.64 Å². The van der Waals surface area contributed by atoms with Crippen molar-refractivity contribution in [3.05, 3.63) is 48.6 Å². The molecule has 0 N–H and O–H groups in total. The minimum absolute atomic E-state index is 0.161. The fourth-order valence-electron chi connectivity index (χ4n) is 4.27. The van der Waals surface area contributed by atoms with Gasteiger partial charge in [0.1, 0.15) is 12.5 Å². The van der Waals surface area contributed by atoms with Gasteiger partial charge in [-0.15, -0.1) is 6.58 Å². The second kappa shape index (κ2) is 5.28. The largest absolute Gasteiger partial charge is 0.478 e. The van der Waals surface area contributed by atoms with Crippen molar-refractivity contribution in [2.75, 3.05) is 18.2 Å². The molecule has 6 nitrogen and oxygen atoms in total. The molecule has 4 aliphatic heterocycles. The molecule has 4 atom stereocenters. The lowest BCUT2D eigenvalue weighted by Crippen LogP contribution is -2.35. The van der Waals surface area contributed by atoms with Crippen LogP contribution in [0.1, 0.15) is 5.56 Å². The van der Waals surface area contributed by atoms with E-state index in [9.17, 15) is 9.59 Å². The van der Waals surface area contributed by atoms with Crippen LogP contribution in [-0.2, 0) is 20.9 Å². The van der Waals surface area contributed by atoms with Crippen molar-refractivity contribution in [1.82, 2.24) is 4.90 Å². The average molecular weight is 338 g/mol. The summed E-state index contributed by atoms with van der Waals surface area (Å²) >= 11 is 0. The number of imide groups is 1. The Balaban J connectivity index is 1.47. The average Bonchev–Trinajstić information content (AvgIpc) is 3.29. The molecule has 2 bridgehead atoms. The molecule has 2 amide bonds. The van der Waals surface area contributed by atoms with Crippen LogP contribution in [0.5, 0.6) is 5.75 Å². The van der Waals surface area contributed by atoms with Gasteiger partial charge in [0.05, 0.1) is 29.7 Å². The summed E-state index contributed by atoms with van der Waals surface area (Å²) in [4.78, 5) is 29.1. The molecule has 2 unspecified atom stereocenters. The zero-order valence-corrected chi connectivity index (χ0v) is 13.6. The number of rotatable bonds is 3. The molecule has 0 aliphatic carbocycles. The number of ether oxygens (including phenoxy) is 2. The number of amides is 2. The normalized spacial score (nSPS) is 32.7. The van der Waals surface area contributed by atoms with E-state index in [0.717, 1.165) is 17.9 Å². The quantitative estimate of drug-likeness (QED) is 0.617. The van der Waals surface area contributed by atoms with Gasteiger partial charge >= 0.3 is 0 Å². The first-order valence-corrected chi connectivity index (χ1v) is 8.48. The molecule has 25 heavy (non-hydrogen) atoms. The first-order valence-electron chi connectivity index (χ1n) is 8.48. The van der Waals surface area contributed by atoms with Gasteiger partial charge in [-0.05, 0) is 18.2 Å². The fourth-order valence-corrected chi connectivity index (χ4v) is 4.27. The topological polar surface area (TPSA) is 59.1 Å². The van der Waals surface area contributed by atoms with Crippen molar-refractivity contribution in [1.29, 1.82) is 0 Å². The lowest BCUT2D eigenvalue weighted by molar-refractivity contribution is -0.124. The lowest BCUT2D eigenvalue weighted by Gasteiger charge is -2.29. The van der Waals surface area contributed by atoms with Gasteiger partial charge in [0.25, 0.3) is 0 Å². The molecule has 128 valence electrons. The molecule has 0 spiro atoms. The number of carbonyl (C=O) groups is 2. The summed E-state index contributed by atoms with van der Waals surface area (Å²) in [5.41, 5.74) is 1.59. The summed E-state index contributed by atoms with van der Waals surface area (Å²) in [5, 5.41) is 0. The van der Waals surface area contributed by atoms with Crippen LogP contribution in [0.25, 0.3) is 0 Å². The highest BCUT2D eigenvalue weighted by Crippen LogP contribution is 2.46. The number of benzene rings is 1. The molecule has 0 radical (unpaired) electrons. The highest BCUT2D eigenvalue weighted by Gasteiger charge is 2.61. The third-order valence-electron chi connectivity index (χ3n) is 5.40. The number of fused-ring (bicyclic) bond motifs is 6. The number of hydrogen-bond acceptors (Lipinski definition) is 5. The molecule has 2 saturated heterocycles. The molecule has 6 heteroatoms. The van der Waals surface area contributed by atoms with Gasteiger partial charge in [-0.2, -0.15) is 0 Å². The molecule has 4 heterocycles. The minimum atomic E-state index is -0.382. The molecule has 1 aromatic rings. The van der Waals surface area contributed by atoms with Gasteiger partial charge in [-0.1, -0.05) is 18.2 Å². The Morgan fingerprint density at radius 1 is 1.16 bits per heavy atom. The molecule has 1 aromatic carbocycles. The van der Waals surface area contributed by atoms with Crippen LogP contribution in [-0.4, -0.2) is 42.2 Å². The Kier molecular flexibility index (Phi) is 3.14. The van der Waals surface area contributed by atoms with Crippen LogP contribution in [0.3, 0.4) is 0 Å². The summed E-state index contributed by atoms with van der Waals surface area (Å²) in [6, 6.07) is 5.51. The fraction of sp³-hybridized carbons (Fsp3) is 0.368. The van der Waals surface area contributed by atoms with Gasteiger partial charge in [-0.25, -0.2) is 4.90 Å². The van der Waals surface area contributed by atoms with E-state index in [1.54, 1.807) is 6.07 Å². The summed E-state index contributed by atoms with van der Waals surface area (Å²) in [7, 11) is 0. The second-order valence-corrected chi connectivity index (χ2v) is 6.88. The monoisotopic (exact) mass is 338 g/mol. The van der Waals surface area contributed by atoms with Crippen molar-refractivity contribution in [2.45, 2.75) is 18.8 Å².